The molecule has 0 aromatic carbocycles. The average molecular weight is 373 g/mol. The molecule has 1 rings (SSSR count). The van der Waals surface area contributed by atoms with Crippen LogP contribution < -0.4 is 0 Å². The van der Waals surface area contributed by atoms with Crippen molar-refractivity contribution in [2.24, 2.45) is 0 Å². The molecular weight excluding hydrogens is 363 g/mol. The molecule has 5 heteroatoms. The van der Waals surface area contributed by atoms with Gasteiger partial charge in [-0.1, -0.05) is 0 Å². The Kier molecular flexibility index (Phi) is 4.31. The van der Waals surface area contributed by atoms with Crippen molar-refractivity contribution in [2.45, 2.75) is 0 Å². The van der Waals surface area contributed by atoms with Gasteiger partial charge in [0.2, 0.25) is 0 Å². The van der Waals surface area contributed by atoms with Gasteiger partial charge in [0.05, 0.1) is 0 Å². The molecule has 5 heavy (non-hydrogen) atoms. The zero-order valence-electron chi connectivity index (χ0n) is 3.54. The molecular formula is H10Ge5. The standard InChI is InChI=1S/Ge5H10/c1-2-4-5-3-1/h1-5H2. The topological polar surface area (TPSA) is 0 Å². The first-order valence-corrected chi connectivity index (χ1v) is 67.5. The molecule has 1 aliphatic rings. The molecule has 1 saturated heterocycles. The molecule has 1 aliphatic heterocycles. The number of hydrogen-bond donors (Lipinski definition) is 0. The third-order valence-electron chi connectivity index (χ3n) is 1.25. The molecule has 0 saturated carbocycles. The minimum absolute atomic E-state index is 0.750. The predicted molar refractivity (Wildman–Crippen MR) is 42.7 cm³/mol. The monoisotopic (exact) mass is 380 g/mol. The van der Waals surface area contributed by atoms with Gasteiger partial charge in [-0.25, -0.2) is 0 Å². The van der Waals surface area contributed by atoms with Crippen LogP contribution in [0.15, 0.2) is 0 Å². The van der Waals surface area contributed by atoms with Crippen LogP contribution in [0, 0.1) is 0 Å². The van der Waals surface area contributed by atoms with Crippen LogP contribution in [-0.4, -0.2) is 57.5 Å². The van der Waals surface area contributed by atoms with Gasteiger partial charge >= 0.3 is 57.5 Å². The van der Waals surface area contributed by atoms with E-state index in [9.17, 15) is 0 Å². The maximum absolute atomic E-state index is 0.750. The molecule has 0 unspecified atom stereocenters. The second-order valence-corrected chi connectivity index (χ2v) is 248. The maximum atomic E-state index is 0.750. The van der Waals surface area contributed by atoms with Crippen molar-refractivity contribution < 1.29 is 0 Å². The molecule has 1 fully saturated rings. The average Bonchev–Trinajstić information content (AvgIpc) is 1.76. The fourth-order valence-electron chi connectivity index (χ4n) is 0.884. The zero-order valence-corrected chi connectivity index (χ0v) is 18.4. The minimum atomic E-state index is 0.750. The van der Waals surface area contributed by atoms with Crippen LogP contribution in [0.25, 0.3) is 0 Å². The molecule has 0 radical (unpaired) electrons. The van der Waals surface area contributed by atoms with Crippen LogP contribution in [0.1, 0.15) is 0 Å². The number of rotatable bonds is 0. The van der Waals surface area contributed by atoms with Crippen molar-refractivity contribution >= 4 is 57.5 Å². The Morgan fingerprint density at radius 2 is 0.600 bits per heavy atom. The van der Waals surface area contributed by atoms with Gasteiger partial charge < -0.3 is 0 Å². The van der Waals surface area contributed by atoms with E-state index in [0.717, 1.165) is 57.5 Å². The van der Waals surface area contributed by atoms with Crippen LogP contribution in [0.3, 0.4) is 0 Å². The van der Waals surface area contributed by atoms with Gasteiger partial charge in [-0.2, -0.15) is 0 Å². The van der Waals surface area contributed by atoms with Crippen molar-refractivity contribution in [3.05, 3.63) is 0 Å². The normalized spacial score (nSPS) is 48.0. The molecule has 0 aromatic rings. The second-order valence-electron chi connectivity index (χ2n) is 1.77. The van der Waals surface area contributed by atoms with E-state index in [2.05, 4.69) is 0 Å². The van der Waals surface area contributed by atoms with Crippen molar-refractivity contribution in [1.29, 1.82) is 0 Å². The SMILES string of the molecule is [GeH2]1[GeH2][GeH2][GeH2][GeH2]1. The molecule has 0 aromatic heterocycles. The van der Waals surface area contributed by atoms with Crippen molar-refractivity contribution in [3.8, 4) is 0 Å². The van der Waals surface area contributed by atoms with E-state index in [4.69, 9.17) is 0 Å². The van der Waals surface area contributed by atoms with Crippen LogP contribution >= 0.6 is 0 Å². The predicted octanol–water partition coefficient (Wildman–Crippen LogP) is -4.58. The summed E-state index contributed by atoms with van der Waals surface area (Å²) in [5.41, 5.74) is 0. The summed E-state index contributed by atoms with van der Waals surface area (Å²) in [6, 6.07) is 0. The van der Waals surface area contributed by atoms with Gasteiger partial charge in [-0.3, -0.25) is 0 Å². The Bertz CT molecular complexity index is 11.6. The summed E-state index contributed by atoms with van der Waals surface area (Å²) in [6.45, 7) is 0. The Hall–Kier alpha value is 2.71. The van der Waals surface area contributed by atoms with E-state index in [1.165, 1.54) is 0 Å². The Morgan fingerprint density at radius 1 is 0.400 bits per heavy atom. The molecule has 0 spiro atoms. The van der Waals surface area contributed by atoms with E-state index in [1.807, 2.05) is 0 Å². The Balaban J connectivity index is 2.08. The summed E-state index contributed by atoms with van der Waals surface area (Å²) < 4.78 is 0. The second kappa shape index (κ2) is 3.68. The Labute approximate surface area is 56.4 Å². The molecule has 0 amide bonds. The van der Waals surface area contributed by atoms with E-state index >= 15 is 0 Å². The summed E-state index contributed by atoms with van der Waals surface area (Å²) in [5, 5.41) is 0. The van der Waals surface area contributed by atoms with Crippen LogP contribution in [0.5, 0.6) is 0 Å². The fraction of sp³-hybridized carbons (Fsp3) is 0. The first-order valence-electron chi connectivity index (χ1n) is 2.50. The van der Waals surface area contributed by atoms with Crippen LogP contribution in [-0.2, 0) is 0 Å². The molecule has 0 atom stereocenters. The quantitative estimate of drug-likeness (QED) is 0.375. The number of hydrogen-bond acceptors (Lipinski definition) is 0. The fourth-order valence-corrected chi connectivity index (χ4v) is 3350. The van der Waals surface area contributed by atoms with Gasteiger partial charge in [-0.15, -0.1) is 0 Å². The summed E-state index contributed by atoms with van der Waals surface area (Å²) in [4.78, 5) is 0. The van der Waals surface area contributed by atoms with Crippen LogP contribution in [0.2, 0.25) is 0 Å². The van der Waals surface area contributed by atoms with Gasteiger partial charge in [0.15, 0.2) is 0 Å². The third kappa shape index (κ3) is 2.51. The van der Waals surface area contributed by atoms with Gasteiger partial charge in [0.1, 0.15) is 0 Å². The van der Waals surface area contributed by atoms with Crippen LogP contribution in [0.4, 0.5) is 0 Å². The van der Waals surface area contributed by atoms with Crippen molar-refractivity contribution in [3.63, 3.8) is 0 Å². The molecule has 30 valence electrons. The summed E-state index contributed by atoms with van der Waals surface area (Å²) in [5.74, 6) is 0. The first-order chi connectivity index (χ1) is 2.50. The van der Waals surface area contributed by atoms with Crippen molar-refractivity contribution in [1.82, 2.24) is 0 Å². The van der Waals surface area contributed by atoms with Gasteiger partial charge in [-0.05, 0) is 0 Å². The Morgan fingerprint density at radius 3 is 0.800 bits per heavy atom. The summed E-state index contributed by atoms with van der Waals surface area (Å²) in [6.07, 6.45) is 0. The van der Waals surface area contributed by atoms with E-state index in [-0.39, 0.29) is 0 Å². The summed E-state index contributed by atoms with van der Waals surface area (Å²) in [7, 11) is 0. The molecule has 1 heterocycles. The summed E-state index contributed by atoms with van der Waals surface area (Å²) >= 11 is 3.75. The molecule has 0 N–H and O–H groups in total. The van der Waals surface area contributed by atoms with Crippen molar-refractivity contribution in [2.75, 3.05) is 0 Å². The van der Waals surface area contributed by atoms with E-state index < -0.39 is 0 Å². The van der Waals surface area contributed by atoms with E-state index in [1.54, 1.807) is 0 Å². The zero-order chi connectivity index (χ0) is 3.54. The molecule has 0 bridgehead atoms. The third-order valence-corrected chi connectivity index (χ3v) is 911. The first kappa shape index (κ1) is 5.84. The van der Waals surface area contributed by atoms with Gasteiger partial charge in [0.25, 0.3) is 0 Å². The van der Waals surface area contributed by atoms with Gasteiger partial charge in [0, 0.05) is 0 Å². The molecule has 0 nitrogen and oxygen atoms in total. The molecule has 0 aliphatic carbocycles. The van der Waals surface area contributed by atoms with E-state index in [0.29, 0.717) is 0 Å².